The summed E-state index contributed by atoms with van der Waals surface area (Å²) in [5.41, 5.74) is 0.666. The zero-order valence-corrected chi connectivity index (χ0v) is 15.5. The van der Waals surface area contributed by atoms with Crippen molar-refractivity contribution in [2.75, 3.05) is 5.75 Å². The Morgan fingerprint density at radius 3 is 2.62 bits per heavy atom. The van der Waals surface area contributed by atoms with E-state index in [0.29, 0.717) is 10.8 Å². The maximum Gasteiger partial charge on any atom is 0.387 e. The largest absolute Gasteiger partial charge is 0.435 e. The molecule has 0 saturated heterocycles. The van der Waals surface area contributed by atoms with Crippen LogP contribution in [0.5, 0.6) is 5.75 Å². The van der Waals surface area contributed by atoms with E-state index < -0.39 is 24.2 Å². The number of imidazole rings is 1. The second-order valence-corrected chi connectivity index (χ2v) is 6.57. The molecule has 1 heterocycles. The first kappa shape index (κ1) is 20.5. The number of rotatable bonds is 7. The molecular formula is C19H14F3N3O3S. The average molecular weight is 421 g/mol. The van der Waals surface area contributed by atoms with E-state index in [2.05, 4.69) is 15.0 Å². The topological polar surface area (TPSA) is 73.2 Å². The maximum atomic E-state index is 13.4. The number of imide groups is 1. The van der Waals surface area contributed by atoms with Crippen LogP contribution in [0.4, 0.5) is 13.2 Å². The Balaban J connectivity index is 1.57. The van der Waals surface area contributed by atoms with Crippen LogP contribution in [0, 0.1) is 5.82 Å². The van der Waals surface area contributed by atoms with Gasteiger partial charge in [0.15, 0.2) is 5.16 Å². The molecule has 2 amide bonds. The second kappa shape index (κ2) is 9.28. The van der Waals surface area contributed by atoms with Crippen molar-refractivity contribution in [3.63, 3.8) is 0 Å². The molecule has 0 saturated carbocycles. The van der Waals surface area contributed by atoms with Crippen LogP contribution in [0.15, 0.2) is 66.1 Å². The number of carbonyl (C=O) groups excluding carboxylic acids is 2. The van der Waals surface area contributed by atoms with Crippen LogP contribution in [-0.2, 0) is 4.79 Å². The lowest BCUT2D eigenvalue weighted by Gasteiger charge is -2.08. The smallest absolute Gasteiger partial charge is 0.387 e. The first-order chi connectivity index (χ1) is 13.9. The van der Waals surface area contributed by atoms with E-state index in [4.69, 9.17) is 0 Å². The lowest BCUT2D eigenvalue weighted by atomic mass is 10.2. The van der Waals surface area contributed by atoms with Crippen LogP contribution in [0.3, 0.4) is 0 Å². The Labute approximate surface area is 167 Å². The summed E-state index contributed by atoms with van der Waals surface area (Å²) in [4.78, 5) is 28.3. The van der Waals surface area contributed by atoms with Crippen molar-refractivity contribution >= 4 is 23.6 Å². The van der Waals surface area contributed by atoms with Gasteiger partial charge in [-0.15, -0.1) is 0 Å². The van der Waals surface area contributed by atoms with Crippen LogP contribution in [0.2, 0.25) is 0 Å². The molecule has 0 atom stereocenters. The lowest BCUT2D eigenvalue weighted by molar-refractivity contribution is -0.117. The summed E-state index contributed by atoms with van der Waals surface area (Å²) in [7, 11) is 0. The van der Waals surface area contributed by atoms with Crippen molar-refractivity contribution in [2.24, 2.45) is 0 Å². The molecule has 0 bridgehead atoms. The Kier molecular flexibility index (Phi) is 6.55. The zero-order chi connectivity index (χ0) is 20.8. The van der Waals surface area contributed by atoms with Crippen LogP contribution < -0.4 is 10.1 Å². The van der Waals surface area contributed by atoms with E-state index in [0.717, 1.165) is 11.8 Å². The second-order valence-electron chi connectivity index (χ2n) is 5.63. The number of carbonyl (C=O) groups is 2. The van der Waals surface area contributed by atoms with Crippen LogP contribution in [-0.4, -0.2) is 33.7 Å². The number of thioether (sulfide) groups is 1. The summed E-state index contributed by atoms with van der Waals surface area (Å²) >= 11 is 1.07. The monoisotopic (exact) mass is 421 g/mol. The quantitative estimate of drug-likeness (QED) is 0.590. The molecule has 0 unspecified atom stereocenters. The SMILES string of the molecule is O=C(CSc1nccn1-c1cccc(F)c1)NC(=O)c1ccc(OC(F)F)cc1. The van der Waals surface area contributed by atoms with E-state index in [-0.39, 0.29) is 17.1 Å². The van der Waals surface area contributed by atoms with E-state index in [9.17, 15) is 22.8 Å². The van der Waals surface area contributed by atoms with Gasteiger partial charge in [0.25, 0.3) is 5.91 Å². The van der Waals surface area contributed by atoms with Gasteiger partial charge in [0.2, 0.25) is 5.91 Å². The highest BCUT2D eigenvalue weighted by atomic mass is 32.2. The molecule has 0 aliphatic carbocycles. The van der Waals surface area contributed by atoms with Gasteiger partial charge in [-0.25, -0.2) is 9.37 Å². The number of hydrogen-bond acceptors (Lipinski definition) is 5. The number of hydrogen-bond donors (Lipinski definition) is 1. The summed E-state index contributed by atoms with van der Waals surface area (Å²) in [6.07, 6.45) is 3.14. The van der Waals surface area contributed by atoms with Gasteiger partial charge in [-0.05, 0) is 42.5 Å². The maximum absolute atomic E-state index is 13.4. The van der Waals surface area contributed by atoms with Gasteiger partial charge in [-0.3, -0.25) is 19.5 Å². The molecule has 150 valence electrons. The van der Waals surface area contributed by atoms with Gasteiger partial charge in [0, 0.05) is 18.0 Å². The molecule has 1 N–H and O–H groups in total. The third-order valence-electron chi connectivity index (χ3n) is 3.62. The molecule has 0 fully saturated rings. The first-order valence-electron chi connectivity index (χ1n) is 8.23. The minimum atomic E-state index is -2.96. The molecule has 0 aliphatic heterocycles. The number of alkyl halides is 2. The predicted octanol–water partition coefficient (Wildman–Crippen LogP) is 3.66. The van der Waals surface area contributed by atoms with E-state index in [1.165, 1.54) is 42.6 Å². The minimum absolute atomic E-state index is 0.0948. The van der Waals surface area contributed by atoms with Crippen LogP contribution in [0.25, 0.3) is 5.69 Å². The molecule has 6 nitrogen and oxygen atoms in total. The summed E-state index contributed by atoms with van der Waals surface area (Å²) in [5.74, 6) is -1.84. The number of aromatic nitrogens is 2. The molecule has 0 aliphatic rings. The number of nitrogens with zero attached hydrogens (tertiary/aromatic N) is 2. The number of amides is 2. The Hall–Kier alpha value is -3.27. The average Bonchev–Trinajstić information content (AvgIpc) is 3.15. The minimum Gasteiger partial charge on any atom is -0.435 e. The highest BCUT2D eigenvalue weighted by molar-refractivity contribution is 7.99. The van der Waals surface area contributed by atoms with Crippen molar-refractivity contribution < 1.29 is 27.5 Å². The number of nitrogens with one attached hydrogen (secondary N) is 1. The van der Waals surface area contributed by atoms with E-state index in [1.807, 2.05) is 0 Å². The van der Waals surface area contributed by atoms with Gasteiger partial charge >= 0.3 is 6.61 Å². The van der Waals surface area contributed by atoms with Gasteiger partial charge in [0.1, 0.15) is 11.6 Å². The lowest BCUT2D eigenvalue weighted by Crippen LogP contribution is -2.31. The fraction of sp³-hybridized carbons (Fsp3) is 0.105. The van der Waals surface area contributed by atoms with Crippen LogP contribution >= 0.6 is 11.8 Å². The Morgan fingerprint density at radius 1 is 1.17 bits per heavy atom. The Morgan fingerprint density at radius 2 is 1.93 bits per heavy atom. The highest BCUT2D eigenvalue weighted by Gasteiger charge is 2.14. The van der Waals surface area contributed by atoms with Crippen molar-refractivity contribution in [1.29, 1.82) is 0 Å². The fourth-order valence-electron chi connectivity index (χ4n) is 2.37. The zero-order valence-electron chi connectivity index (χ0n) is 14.7. The van der Waals surface area contributed by atoms with Crippen molar-refractivity contribution in [3.05, 3.63) is 72.3 Å². The molecule has 29 heavy (non-hydrogen) atoms. The van der Waals surface area contributed by atoms with Gasteiger partial charge in [-0.2, -0.15) is 8.78 Å². The summed E-state index contributed by atoms with van der Waals surface area (Å²) in [5, 5.41) is 2.65. The third-order valence-corrected chi connectivity index (χ3v) is 4.59. The number of benzene rings is 2. The molecule has 3 aromatic rings. The molecular weight excluding hydrogens is 407 g/mol. The summed E-state index contributed by atoms with van der Waals surface area (Å²) < 4.78 is 43.5. The highest BCUT2D eigenvalue weighted by Crippen LogP contribution is 2.21. The summed E-state index contributed by atoms with van der Waals surface area (Å²) in [6.45, 7) is -2.96. The van der Waals surface area contributed by atoms with Crippen LogP contribution in [0.1, 0.15) is 10.4 Å². The third kappa shape index (κ3) is 5.61. The van der Waals surface area contributed by atoms with Gasteiger partial charge in [0.05, 0.1) is 11.4 Å². The predicted molar refractivity (Wildman–Crippen MR) is 99.8 cm³/mol. The fourth-order valence-corrected chi connectivity index (χ4v) is 3.14. The van der Waals surface area contributed by atoms with E-state index >= 15 is 0 Å². The first-order valence-corrected chi connectivity index (χ1v) is 9.22. The van der Waals surface area contributed by atoms with Gasteiger partial charge in [-0.1, -0.05) is 17.8 Å². The summed E-state index contributed by atoms with van der Waals surface area (Å²) in [6, 6.07) is 10.8. The normalized spacial score (nSPS) is 10.8. The molecule has 10 heteroatoms. The van der Waals surface area contributed by atoms with Crippen molar-refractivity contribution in [1.82, 2.24) is 14.9 Å². The molecule has 0 radical (unpaired) electrons. The Bertz CT molecular complexity index is 1010. The number of halogens is 3. The number of ether oxygens (including phenoxy) is 1. The standard InChI is InChI=1S/C19H14F3N3O3S/c20-13-2-1-3-14(10-13)25-9-8-23-19(25)29-11-16(26)24-17(27)12-4-6-15(7-5-12)28-18(21)22/h1-10,18H,11H2,(H,24,26,27). The van der Waals surface area contributed by atoms with Crippen molar-refractivity contribution in [3.8, 4) is 11.4 Å². The molecule has 3 rings (SSSR count). The van der Waals surface area contributed by atoms with E-state index in [1.54, 1.807) is 22.9 Å². The molecule has 1 aromatic heterocycles. The van der Waals surface area contributed by atoms with Gasteiger partial charge < -0.3 is 4.74 Å². The van der Waals surface area contributed by atoms with Crippen molar-refractivity contribution in [2.45, 2.75) is 11.8 Å². The molecule has 2 aromatic carbocycles. The molecule has 0 spiro atoms.